The van der Waals surface area contributed by atoms with Gasteiger partial charge in [0, 0.05) is 17.4 Å². The van der Waals surface area contributed by atoms with Crippen LogP contribution in [0.2, 0.25) is 0 Å². The van der Waals surface area contributed by atoms with Crippen molar-refractivity contribution in [3.63, 3.8) is 0 Å². The van der Waals surface area contributed by atoms with Gasteiger partial charge in [0.15, 0.2) is 0 Å². The number of hydrogen-bond acceptors (Lipinski definition) is 4. The molecular formula is C13H15BrO4S. The van der Waals surface area contributed by atoms with Gasteiger partial charge >= 0.3 is 0 Å². The van der Waals surface area contributed by atoms with E-state index >= 15 is 0 Å². The summed E-state index contributed by atoms with van der Waals surface area (Å²) in [6, 6.07) is 7.44. The first-order chi connectivity index (χ1) is 8.87. The molecule has 0 aliphatic carbocycles. The lowest BCUT2D eigenvalue weighted by Crippen LogP contribution is -2.05. The van der Waals surface area contributed by atoms with E-state index in [1.54, 1.807) is 6.07 Å². The highest BCUT2D eigenvalue weighted by Gasteiger charge is 2.15. The molecule has 1 aromatic carbocycles. The Kier molecular flexibility index (Phi) is 4.32. The van der Waals surface area contributed by atoms with Gasteiger partial charge in [0.1, 0.15) is 27.3 Å². The molecule has 1 heterocycles. The zero-order valence-electron chi connectivity index (χ0n) is 10.5. The van der Waals surface area contributed by atoms with Gasteiger partial charge < -0.3 is 9.52 Å². The van der Waals surface area contributed by atoms with Crippen molar-refractivity contribution < 1.29 is 17.9 Å². The summed E-state index contributed by atoms with van der Waals surface area (Å²) in [7, 11) is -2.98. The molecule has 0 saturated heterocycles. The molecule has 1 unspecified atom stereocenters. The number of sulfone groups is 1. The summed E-state index contributed by atoms with van der Waals surface area (Å²) in [6.07, 6.45) is 1.20. The maximum Gasteiger partial charge on any atom is 0.148 e. The minimum Gasteiger partial charge on any atom is -0.457 e. The largest absolute Gasteiger partial charge is 0.457 e. The lowest BCUT2D eigenvalue weighted by atomic mass is 10.1. The van der Waals surface area contributed by atoms with Crippen molar-refractivity contribution in [3.05, 3.63) is 34.5 Å². The molecule has 0 radical (unpaired) electrons. The zero-order valence-corrected chi connectivity index (χ0v) is 12.9. The molecule has 0 amide bonds. The maximum absolute atomic E-state index is 11.0. The number of hydrogen-bond donors (Lipinski definition) is 1. The third kappa shape index (κ3) is 3.81. The van der Waals surface area contributed by atoms with Crippen molar-refractivity contribution in [1.29, 1.82) is 0 Å². The minimum atomic E-state index is -2.98. The van der Waals surface area contributed by atoms with Gasteiger partial charge in [-0.2, -0.15) is 0 Å². The third-order valence-corrected chi connectivity index (χ3v) is 4.49. The Labute approximate surface area is 120 Å². The second-order valence-electron chi connectivity index (χ2n) is 4.59. The Hall–Kier alpha value is -0.850. The van der Waals surface area contributed by atoms with Crippen LogP contribution in [0.5, 0.6) is 0 Å². The molecule has 0 saturated carbocycles. The van der Waals surface area contributed by atoms with Gasteiger partial charge in [-0.25, -0.2) is 8.42 Å². The molecule has 1 N–H and O–H groups in total. The minimum absolute atomic E-state index is 0.0774. The zero-order chi connectivity index (χ0) is 14.0. The number of fused-ring (bicyclic) bond motifs is 1. The first-order valence-electron chi connectivity index (χ1n) is 5.90. The topological polar surface area (TPSA) is 67.5 Å². The first kappa shape index (κ1) is 14.6. The summed E-state index contributed by atoms with van der Waals surface area (Å²) in [4.78, 5) is 0. The second kappa shape index (κ2) is 5.64. The van der Waals surface area contributed by atoms with Crippen LogP contribution in [0.1, 0.15) is 24.7 Å². The normalized spacial score (nSPS) is 13.8. The Morgan fingerprint density at radius 1 is 1.42 bits per heavy atom. The molecule has 0 aliphatic rings. The van der Waals surface area contributed by atoms with E-state index in [9.17, 15) is 13.5 Å². The average molecular weight is 347 g/mol. The van der Waals surface area contributed by atoms with Gasteiger partial charge in [0.25, 0.3) is 0 Å². The highest BCUT2D eigenvalue weighted by atomic mass is 79.9. The molecule has 4 nitrogen and oxygen atoms in total. The molecule has 19 heavy (non-hydrogen) atoms. The van der Waals surface area contributed by atoms with Gasteiger partial charge in [0.2, 0.25) is 0 Å². The Balaban J connectivity index is 2.09. The molecule has 1 atom stereocenters. The van der Waals surface area contributed by atoms with Crippen molar-refractivity contribution in [2.45, 2.75) is 18.9 Å². The van der Waals surface area contributed by atoms with Crippen molar-refractivity contribution in [3.8, 4) is 0 Å². The van der Waals surface area contributed by atoms with Crippen molar-refractivity contribution >= 4 is 36.7 Å². The van der Waals surface area contributed by atoms with Gasteiger partial charge in [-0.1, -0.05) is 12.1 Å². The van der Waals surface area contributed by atoms with Crippen LogP contribution >= 0.6 is 15.9 Å². The smallest absolute Gasteiger partial charge is 0.148 e. The van der Waals surface area contributed by atoms with E-state index in [2.05, 4.69) is 15.9 Å². The lowest BCUT2D eigenvalue weighted by molar-refractivity contribution is 0.142. The second-order valence-corrected chi connectivity index (χ2v) is 7.71. The summed E-state index contributed by atoms with van der Waals surface area (Å²) in [5, 5.41) is 10.9. The number of aliphatic hydroxyl groups is 1. The van der Waals surface area contributed by atoms with Gasteiger partial charge in [-0.3, -0.25) is 0 Å². The number of rotatable bonds is 5. The fraction of sp³-hybridized carbons (Fsp3) is 0.385. The quantitative estimate of drug-likeness (QED) is 0.903. The van der Waals surface area contributed by atoms with Crippen LogP contribution in [-0.4, -0.2) is 25.5 Å². The SMILES string of the molecule is CS(=O)(=O)CCCC(O)c1cc2cccc(Br)c2o1. The molecule has 104 valence electrons. The van der Waals surface area contributed by atoms with Crippen molar-refractivity contribution in [2.24, 2.45) is 0 Å². The number of halogens is 1. The third-order valence-electron chi connectivity index (χ3n) is 2.84. The van der Waals surface area contributed by atoms with Gasteiger partial charge in [0.05, 0.1) is 4.47 Å². The van der Waals surface area contributed by atoms with E-state index in [1.807, 2.05) is 18.2 Å². The van der Waals surface area contributed by atoms with Crippen LogP contribution in [-0.2, 0) is 9.84 Å². The highest BCUT2D eigenvalue weighted by molar-refractivity contribution is 9.10. The first-order valence-corrected chi connectivity index (χ1v) is 8.76. The van der Waals surface area contributed by atoms with E-state index in [1.165, 1.54) is 6.26 Å². The Morgan fingerprint density at radius 3 is 2.79 bits per heavy atom. The number of furan rings is 1. The van der Waals surface area contributed by atoms with E-state index in [0.717, 1.165) is 9.86 Å². The summed E-state index contributed by atoms with van der Waals surface area (Å²) < 4.78 is 28.5. The number of benzene rings is 1. The van der Waals surface area contributed by atoms with Crippen LogP contribution in [0.3, 0.4) is 0 Å². The molecule has 0 spiro atoms. The lowest BCUT2D eigenvalue weighted by Gasteiger charge is -2.06. The highest BCUT2D eigenvalue weighted by Crippen LogP contribution is 2.30. The van der Waals surface area contributed by atoms with Crippen LogP contribution in [0.4, 0.5) is 0 Å². The molecule has 0 fully saturated rings. The molecular weight excluding hydrogens is 332 g/mol. The molecule has 6 heteroatoms. The fourth-order valence-corrected chi connectivity index (χ4v) is 3.05. The van der Waals surface area contributed by atoms with Crippen LogP contribution < -0.4 is 0 Å². The molecule has 2 rings (SSSR count). The number of aliphatic hydroxyl groups excluding tert-OH is 1. The monoisotopic (exact) mass is 346 g/mol. The predicted molar refractivity (Wildman–Crippen MR) is 77.8 cm³/mol. The summed E-state index contributed by atoms with van der Waals surface area (Å²) in [6.45, 7) is 0. The molecule has 2 aromatic rings. The molecule has 1 aromatic heterocycles. The number of para-hydroxylation sites is 1. The summed E-state index contributed by atoms with van der Waals surface area (Å²) >= 11 is 3.38. The summed E-state index contributed by atoms with van der Waals surface area (Å²) in [5.74, 6) is 0.545. The van der Waals surface area contributed by atoms with Crippen LogP contribution in [0, 0.1) is 0 Å². The predicted octanol–water partition coefficient (Wildman–Crippen LogP) is 3.05. The fourth-order valence-electron chi connectivity index (χ4n) is 1.89. The van der Waals surface area contributed by atoms with E-state index in [0.29, 0.717) is 24.2 Å². The maximum atomic E-state index is 11.0. The molecule has 0 aliphatic heterocycles. The van der Waals surface area contributed by atoms with Crippen LogP contribution in [0.15, 0.2) is 33.2 Å². The van der Waals surface area contributed by atoms with E-state index < -0.39 is 15.9 Å². The average Bonchev–Trinajstić information content (AvgIpc) is 2.72. The van der Waals surface area contributed by atoms with Crippen molar-refractivity contribution in [2.75, 3.05) is 12.0 Å². The standard InChI is InChI=1S/C13H15BrO4S/c1-19(16,17)7-3-6-11(15)12-8-9-4-2-5-10(14)13(9)18-12/h2,4-5,8,11,15H,3,6-7H2,1H3. The van der Waals surface area contributed by atoms with Crippen LogP contribution in [0.25, 0.3) is 11.0 Å². The van der Waals surface area contributed by atoms with E-state index in [-0.39, 0.29) is 5.75 Å². The Morgan fingerprint density at radius 2 is 2.16 bits per heavy atom. The van der Waals surface area contributed by atoms with Gasteiger partial charge in [-0.15, -0.1) is 0 Å². The van der Waals surface area contributed by atoms with E-state index in [4.69, 9.17) is 4.42 Å². The van der Waals surface area contributed by atoms with Crippen molar-refractivity contribution in [1.82, 2.24) is 0 Å². The summed E-state index contributed by atoms with van der Waals surface area (Å²) in [5.41, 5.74) is 0.694. The Bertz CT molecular complexity index is 675. The van der Waals surface area contributed by atoms with Gasteiger partial charge in [-0.05, 0) is 40.9 Å². The molecule has 0 bridgehead atoms.